The molecular formula is C20H17FN4O3. The Morgan fingerprint density at radius 2 is 2.04 bits per heavy atom. The minimum absolute atomic E-state index is 0.173. The summed E-state index contributed by atoms with van der Waals surface area (Å²) < 4.78 is 13.4. The largest absolute Gasteiger partial charge is 0.338 e. The van der Waals surface area contributed by atoms with Crippen LogP contribution in [-0.2, 0) is 0 Å². The molecule has 1 aliphatic heterocycles. The van der Waals surface area contributed by atoms with Gasteiger partial charge in [-0.25, -0.2) is 9.37 Å². The maximum Gasteiger partial charge on any atom is 0.257 e. The molecule has 0 radical (unpaired) electrons. The van der Waals surface area contributed by atoms with Crippen LogP contribution in [0.4, 0.5) is 4.39 Å². The molecule has 142 valence electrons. The van der Waals surface area contributed by atoms with Crippen LogP contribution in [0.2, 0.25) is 0 Å². The maximum atomic E-state index is 13.4. The van der Waals surface area contributed by atoms with Crippen molar-refractivity contribution in [2.45, 2.75) is 12.3 Å². The molecule has 1 saturated heterocycles. The second-order valence-corrected chi connectivity index (χ2v) is 6.68. The Hall–Kier alpha value is -3.55. The van der Waals surface area contributed by atoms with Gasteiger partial charge in [-0.1, -0.05) is 6.07 Å². The van der Waals surface area contributed by atoms with Crippen molar-refractivity contribution in [2.24, 2.45) is 0 Å². The van der Waals surface area contributed by atoms with Gasteiger partial charge < -0.3 is 14.9 Å². The second-order valence-electron chi connectivity index (χ2n) is 6.68. The van der Waals surface area contributed by atoms with Gasteiger partial charge in [-0.15, -0.1) is 0 Å². The van der Waals surface area contributed by atoms with Crippen LogP contribution in [0, 0.1) is 5.82 Å². The summed E-state index contributed by atoms with van der Waals surface area (Å²) in [5.74, 6) is -0.471. The number of H-pyrrole nitrogens is 2. The summed E-state index contributed by atoms with van der Waals surface area (Å²) in [5.41, 5.74) is 0.182. The lowest BCUT2D eigenvalue weighted by molar-refractivity contribution is 0.0790. The van der Waals surface area contributed by atoms with Crippen LogP contribution in [0.15, 0.2) is 58.3 Å². The Balaban J connectivity index is 1.59. The summed E-state index contributed by atoms with van der Waals surface area (Å²) in [6.45, 7) is 0.826. The molecule has 1 atom stereocenters. The molecule has 0 aliphatic carbocycles. The average molecular weight is 380 g/mol. The minimum atomic E-state index is -0.464. The normalized spacial score (nSPS) is 16.3. The number of halogens is 1. The topological polar surface area (TPSA) is 98.9 Å². The van der Waals surface area contributed by atoms with Gasteiger partial charge in [0.1, 0.15) is 11.6 Å². The van der Waals surface area contributed by atoms with Gasteiger partial charge in [0.25, 0.3) is 17.0 Å². The Morgan fingerprint density at radius 3 is 2.82 bits per heavy atom. The van der Waals surface area contributed by atoms with Crippen molar-refractivity contribution in [3.05, 3.63) is 86.6 Å². The average Bonchev–Trinajstić information content (AvgIpc) is 3.17. The van der Waals surface area contributed by atoms with Crippen LogP contribution in [0.25, 0.3) is 11.3 Å². The van der Waals surface area contributed by atoms with Crippen LogP contribution in [0.3, 0.4) is 0 Å². The smallest absolute Gasteiger partial charge is 0.257 e. The quantitative estimate of drug-likeness (QED) is 0.725. The standard InChI is InChI=1S/C20H17FN4O3/c21-14-4-1-3-12(9-14)20(28)25-8-6-13(11-25)18-23-16(10-17(26)24-18)15-5-2-7-22-19(15)27/h1-5,7,9-10,13H,6,8,11H2,(H,22,27)(H,23,24,26)/t13-/m1/s1. The lowest BCUT2D eigenvalue weighted by Crippen LogP contribution is -2.29. The molecule has 4 rings (SSSR count). The fourth-order valence-electron chi connectivity index (χ4n) is 3.40. The Morgan fingerprint density at radius 1 is 1.18 bits per heavy atom. The van der Waals surface area contributed by atoms with E-state index >= 15 is 0 Å². The number of pyridine rings is 1. The molecule has 2 N–H and O–H groups in total. The second kappa shape index (κ2) is 7.22. The molecule has 1 aliphatic rings. The van der Waals surface area contributed by atoms with Gasteiger partial charge in [-0.3, -0.25) is 14.4 Å². The van der Waals surface area contributed by atoms with Crippen molar-refractivity contribution in [3.8, 4) is 11.3 Å². The summed E-state index contributed by atoms with van der Waals surface area (Å²) >= 11 is 0. The highest BCUT2D eigenvalue weighted by molar-refractivity contribution is 5.94. The van der Waals surface area contributed by atoms with E-state index in [1.165, 1.54) is 30.5 Å². The first-order valence-electron chi connectivity index (χ1n) is 8.85. The first kappa shape index (κ1) is 17.8. The van der Waals surface area contributed by atoms with E-state index in [0.29, 0.717) is 30.9 Å². The lowest BCUT2D eigenvalue weighted by Gasteiger charge is -2.16. The monoisotopic (exact) mass is 380 g/mol. The third-order valence-electron chi connectivity index (χ3n) is 4.79. The highest BCUT2D eigenvalue weighted by Crippen LogP contribution is 2.26. The molecule has 2 aromatic heterocycles. The fourth-order valence-corrected chi connectivity index (χ4v) is 3.40. The molecule has 3 heterocycles. The molecule has 0 spiro atoms. The number of likely N-dealkylation sites (tertiary alicyclic amines) is 1. The number of hydrogen-bond donors (Lipinski definition) is 2. The highest BCUT2D eigenvalue weighted by atomic mass is 19.1. The van der Waals surface area contributed by atoms with E-state index < -0.39 is 5.82 Å². The zero-order valence-electron chi connectivity index (χ0n) is 14.8. The van der Waals surface area contributed by atoms with Crippen molar-refractivity contribution in [3.63, 3.8) is 0 Å². The zero-order valence-corrected chi connectivity index (χ0v) is 14.8. The third-order valence-corrected chi connectivity index (χ3v) is 4.79. The lowest BCUT2D eigenvalue weighted by atomic mass is 10.1. The number of carbonyl (C=O) groups excluding carboxylic acids is 1. The van der Waals surface area contributed by atoms with E-state index in [9.17, 15) is 18.8 Å². The van der Waals surface area contributed by atoms with E-state index in [-0.39, 0.29) is 34.2 Å². The minimum Gasteiger partial charge on any atom is -0.338 e. The number of carbonyl (C=O) groups is 1. The SMILES string of the molecule is O=C(c1cccc(F)c1)N1CC[C@@H](c2nc(-c3ccc[nH]c3=O)cc(=O)[nH]2)C1. The molecule has 0 unspecified atom stereocenters. The van der Waals surface area contributed by atoms with Crippen molar-refractivity contribution in [1.29, 1.82) is 0 Å². The number of aromatic amines is 2. The van der Waals surface area contributed by atoms with Gasteiger partial charge in [0, 0.05) is 36.8 Å². The van der Waals surface area contributed by atoms with Crippen LogP contribution in [0.1, 0.15) is 28.5 Å². The number of rotatable bonds is 3. The van der Waals surface area contributed by atoms with Crippen LogP contribution >= 0.6 is 0 Å². The Labute approximate surface area is 158 Å². The van der Waals surface area contributed by atoms with Gasteiger partial charge in [-0.2, -0.15) is 0 Å². The summed E-state index contributed by atoms with van der Waals surface area (Å²) in [7, 11) is 0. The molecule has 1 aromatic carbocycles. The molecule has 1 fully saturated rings. The van der Waals surface area contributed by atoms with Crippen molar-refractivity contribution < 1.29 is 9.18 Å². The number of aromatic nitrogens is 3. The Kier molecular flexibility index (Phi) is 4.60. The van der Waals surface area contributed by atoms with E-state index in [4.69, 9.17) is 0 Å². The molecule has 28 heavy (non-hydrogen) atoms. The number of hydrogen-bond acceptors (Lipinski definition) is 4. The molecule has 7 nitrogen and oxygen atoms in total. The molecule has 0 bridgehead atoms. The molecule has 1 amide bonds. The van der Waals surface area contributed by atoms with Crippen molar-refractivity contribution >= 4 is 5.91 Å². The first-order valence-corrected chi connectivity index (χ1v) is 8.85. The predicted octanol–water partition coefficient (Wildman–Crippen LogP) is 1.89. The van der Waals surface area contributed by atoms with Crippen molar-refractivity contribution in [1.82, 2.24) is 19.9 Å². The number of benzene rings is 1. The summed E-state index contributed by atoms with van der Waals surface area (Å²) in [6, 6.07) is 10.1. The predicted molar refractivity (Wildman–Crippen MR) is 101 cm³/mol. The van der Waals surface area contributed by atoms with E-state index in [1.807, 2.05) is 0 Å². The fraction of sp³-hybridized carbons (Fsp3) is 0.200. The van der Waals surface area contributed by atoms with Crippen LogP contribution < -0.4 is 11.1 Å². The Bertz CT molecular complexity index is 1150. The zero-order chi connectivity index (χ0) is 19.7. The third kappa shape index (κ3) is 3.48. The van der Waals surface area contributed by atoms with Gasteiger partial charge in [-0.05, 0) is 36.8 Å². The first-order chi connectivity index (χ1) is 13.5. The highest BCUT2D eigenvalue weighted by Gasteiger charge is 2.30. The van der Waals surface area contributed by atoms with E-state index in [1.54, 1.807) is 23.1 Å². The number of nitrogens with zero attached hydrogens (tertiary/aromatic N) is 2. The summed E-state index contributed by atoms with van der Waals surface area (Å²) in [4.78, 5) is 48.0. The molecular weight excluding hydrogens is 363 g/mol. The number of amides is 1. The maximum absolute atomic E-state index is 13.4. The van der Waals surface area contributed by atoms with Crippen LogP contribution in [-0.4, -0.2) is 38.8 Å². The molecule has 8 heteroatoms. The molecule has 3 aromatic rings. The van der Waals surface area contributed by atoms with E-state index in [0.717, 1.165) is 0 Å². The summed E-state index contributed by atoms with van der Waals surface area (Å²) in [5, 5.41) is 0. The van der Waals surface area contributed by atoms with Gasteiger partial charge in [0.05, 0.1) is 11.3 Å². The summed E-state index contributed by atoms with van der Waals surface area (Å²) in [6.07, 6.45) is 2.12. The van der Waals surface area contributed by atoms with Gasteiger partial charge in [0.2, 0.25) is 0 Å². The van der Waals surface area contributed by atoms with Gasteiger partial charge >= 0.3 is 0 Å². The van der Waals surface area contributed by atoms with Crippen LogP contribution in [0.5, 0.6) is 0 Å². The molecule has 0 saturated carbocycles. The van der Waals surface area contributed by atoms with Crippen molar-refractivity contribution in [2.75, 3.05) is 13.1 Å². The van der Waals surface area contributed by atoms with E-state index in [2.05, 4.69) is 15.0 Å². The van der Waals surface area contributed by atoms with Gasteiger partial charge in [0.15, 0.2) is 0 Å². The number of nitrogens with one attached hydrogen (secondary N) is 2.